The van der Waals surface area contributed by atoms with Gasteiger partial charge in [0.05, 0.1) is 19.6 Å². The molecule has 0 saturated carbocycles. The van der Waals surface area contributed by atoms with Crippen molar-refractivity contribution in [2.75, 3.05) is 19.8 Å². The maximum absolute atomic E-state index is 11.8. The number of aromatic nitrogens is 2. The lowest BCUT2D eigenvalue weighted by atomic mass is 10.2. The number of carbonyl (C=O) groups excluding carboxylic acids is 1. The van der Waals surface area contributed by atoms with E-state index in [2.05, 4.69) is 20.3 Å². The zero-order valence-corrected chi connectivity index (χ0v) is 10.5. The first-order valence-electron chi connectivity index (χ1n) is 5.97. The minimum atomic E-state index is -0.913. The molecule has 0 fully saturated rings. The average Bonchev–Trinajstić information content (AvgIpc) is 2.89. The van der Waals surface area contributed by atoms with E-state index in [4.69, 9.17) is 9.84 Å². The Kier molecular flexibility index (Phi) is 4.61. The van der Waals surface area contributed by atoms with E-state index in [9.17, 15) is 9.59 Å². The summed E-state index contributed by atoms with van der Waals surface area (Å²) in [4.78, 5) is 22.1. The van der Waals surface area contributed by atoms with Crippen LogP contribution < -0.4 is 5.32 Å². The number of fused-ring (bicyclic) bond motifs is 1. The molecule has 2 N–H and O–H groups in total. The van der Waals surface area contributed by atoms with E-state index >= 15 is 0 Å². The first-order chi connectivity index (χ1) is 9.66. The summed E-state index contributed by atoms with van der Waals surface area (Å²) >= 11 is 0. The molecule has 1 aromatic carbocycles. The van der Waals surface area contributed by atoms with E-state index in [-0.39, 0.29) is 25.5 Å². The summed E-state index contributed by atoms with van der Waals surface area (Å²) in [5, 5.41) is 18.4. The molecule has 1 heterocycles. The number of ether oxygens (including phenoxy) is 1. The van der Waals surface area contributed by atoms with Gasteiger partial charge in [0.15, 0.2) is 0 Å². The molecule has 0 saturated heterocycles. The number of nitrogens with zero attached hydrogens (tertiary/aromatic N) is 2. The summed E-state index contributed by atoms with van der Waals surface area (Å²) < 4.78 is 9.60. The molecule has 0 bridgehead atoms. The highest BCUT2D eigenvalue weighted by Gasteiger charge is 2.08. The molecule has 8 nitrogen and oxygen atoms in total. The topological polar surface area (TPSA) is 115 Å². The molecular formula is C12H13N3O5. The zero-order valence-electron chi connectivity index (χ0n) is 10.5. The standard InChI is InChI=1S/C12H13N3O5/c16-11(17)3-5-19-6-4-13-12(18)8-1-2-9-10(7-8)15-20-14-9/h1-2,7H,3-6H2,(H,13,18)(H,16,17). The Hall–Kier alpha value is -2.48. The fraction of sp³-hybridized carbons (Fsp3) is 0.333. The third-order valence-corrected chi connectivity index (χ3v) is 2.51. The molecule has 0 aliphatic heterocycles. The first kappa shape index (κ1) is 13.9. The van der Waals surface area contributed by atoms with Crippen LogP contribution in [0.5, 0.6) is 0 Å². The summed E-state index contributed by atoms with van der Waals surface area (Å²) in [5.41, 5.74) is 1.53. The molecule has 0 aliphatic carbocycles. The number of rotatable bonds is 7. The number of benzene rings is 1. The summed E-state index contributed by atoms with van der Waals surface area (Å²) in [6, 6.07) is 4.84. The second kappa shape index (κ2) is 6.62. The molecule has 20 heavy (non-hydrogen) atoms. The van der Waals surface area contributed by atoms with Gasteiger partial charge in [-0.1, -0.05) is 0 Å². The number of amides is 1. The Labute approximate surface area is 113 Å². The molecule has 2 aromatic rings. The van der Waals surface area contributed by atoms with E-state index in [1.807, 2.05) is 0 Å². The predicted octanol–water partition coefficient (Wildman–Crippen LogP) is 0.444. The fourth-order valence-electron chi connectivity index (χ4n) is 1.52. The molecule has 0 unspecified atom stereocenters. The third kappa shape index (κ3) is 3.75. The third-order valence-electron chi connectivity index (χ3n) is 2.51. The maximum Gasteiger partial charge on any atom is 0.305 e. The highest BCUT2D eigenvalue weighted by molar-refractivity contribution is 5.97. The van der Waals surface area contributed by atoms with Gasteiger partial charge in [0, 0.05) is 12.1 Å². The van der Waals surface area contributed by atoms with Gasteiger partial charge in [-0.25, -0.2) is 4.63 Å². The zero-order chi connectivity index (χ0) is 14.4. The predicted molar refractivity (Wildman–Crippen MR) is 67.2 cm³/mol. The van der Waals surface area contributed by atoms with E-state index in [1.54, 1.807) is 18.2 Å². The Bertz CT molecular complexity index is 610. The van der Waals surface area contributed by atoms with Crippen molar-refractivity contribution < 1.29 is 24.1 Å². The normalized spacial score (nSPS) is 10.6. The van der Waals surface area contributed by atoms with Crippen LogP contribution in [0.1, 0.15) is 16.8 Å². The van der Waals surface area contributed by atoms with Gasteiger partial charge in [-0.2, -0.15) is 0 Å². The van der Waals surface area contributed by atoms with Crippen molar-refractivity contribution in [3.63, 3.8) is 0 Å². The van der Waals surface area contributed by atoms with Gasteiger partial charge >= 0.3 is 5.97 Å². The average molecular weight is 279 g/mol. The molecule has 1 aromatic heterocycles. The Balaban J connectivity index is 1.75. The monoisotopic (exact) mass is 279 g/mol. The second-order valence-corrected chi connectivity index (χ2v) is 3.98. The van der Waals surface area contributed by atoms with Gasteiger partial charge in [-0.3, -0.25) is 9.59 Å². The van der Waals surface area contributed by atoms with E-state index in [1.165, 1.54) is 0 Å². The number of aliphatic carboxylic acids is 1. The SMILES string of the molecule is O=C(O)CCOCCNC(=O)c1ccc2nonc2c1. The van der Waals surface area contributed by atoms with E-state index in [0.29, 0.717) is 23.1 Å². The lowest BCUT2D eigenvalue weighted by Gasteiger charge is -2.05. The summed E-state index contributed by atoms with van der Waals surface area (Å²) in [6.07, 6.45) is -0.0518. The van der Waals surface area contributed by atoms with Crippen molar-refractivity contribution in [1.82, 2.24) is 15.6 Å². The number of carboxylic acid groups (broad SMARTS) is 1. The molecule has 106 valence electrons. The van der Waals surface area contributed by atoms with Crippen LogP contribution in [0.25, 0.3) is 11.0 Å². The van der Waals surface area contributed by atoms with Crippen molar-refractivity contribution in [1.29, 1.82) is 0 Å². The smallest absolute Gasteiger partial charge is 0.305 e. The number of hydrogen-bond acceptors (Lipinski definition) is 6. The van der Waals surface area contributed by atoms with E-state index in [0.717, 1.165) is 0 Å². The molecule has 2 rings (SSSR count). The number of carboxylic acids is 1. The van der Waals surface area contributed by atoms with Gasteiger partial charge in [-0.05, 0) is 28.5 Å². The van der Waals surface area contributed by atoms with Crippen molar-refractivity contribution in [3.8, 4) is 0 Å². The highest BCUT2D eigenvalue weighted by atomic mass is 16.6. The van der Waals surface area contributed by atoms with Crippen LogP contribution in [0.15, 0.2) is 22.8 Å². The molecule has 8 heteroatoms. The number of hydrogen-bond donors (Lipinski definition) is 2. The maximum atomic E-state index is 11.8. The first-order valence-corrected chi connectivity index (χ1v) is 5.97. The highest BCUT2D eigenvalue weighted by Crippen LogP contribution is 2.11. The van der Waals surface area contributed by atoms with Crippen LogP contribution in [0.3, 0.4) is 0 Å². The van der Waals surface area contributed by atoms with Gasteiger partial charge < -0.3 is 15.2 Å². The Morgan fingerprint density at radius 2 is 2.05 bits per heavy atom. The van der Waals surface area contributed by atoms with Crippen LogP contribution in [-0.4, -0.2) is 47.1 Å². The van der Waals surface area contributed by atoms with Crippen molar-refractivity contribution in [2.24, 2.45) is 0 Å². The van der Waals surface area contributed by atoms with E-state index < -0.39 is 5.97 Å². The summed E-state index contributed by atoms with van der Waals surface area (Å²) in [6.45, 7) is 0.683. The summed E-state index contributed by atoms with van der Waals surface area (Å²) in [7, 11) is 0. The van der Waals surface area contributed by atoms with Crippen molar-refractivity contribution in [2.45, 2.75) is 6.42 Å². The lowest BCUT2D eigenvalue weighted by Crippen LogP contribution is -2.27. The molecular weight excluding hydrogens is 266 g/mol. The van der Waals surface area contributed by atoms with Crippen LogP contribution in [-0.2, 0) is 9.53 Å². The molecule has 1 amide bonds. The van der Waals surface area contributed by atoms with Crippen LogP contribution in [0.4, 0.5) is 0 Å². The van der Waals surface area contributed by atoms with Gasteiger partial charge in [-0.15, -0.1) is 0 Å². The van der Waals surface area contributed by atoms with Gasteiger partial charge in [0.1, 0.15) is 11.0 Å². The molecule has 0 spiro atoms. The Morgan fingerprint density at radius 3 is 2.85 bits per heavy atom. The second-order valence-electron chi connectivity index (χ2n) is 3.98. The van der Waals surface area contributed by atoms with Crippen molar-refractivity contribution >= 4 is 22.9 Å². The van der Waals surface area contributed by atoms with Crippen LogP contribution in [0.2, 0.25) is 0 Å². The molecule has 0 atom stereocenters. The summed E-state index contributed by atoms with van der Waals surface area (Å²) in [5.74, 6) is -1.18. The quantitative estimate of drug-likeness (QED) is 0.707. The minimum absolute atomic E-state index is 0.0518. The fourth-order valence-corrected chi connectivity index (χ4v) is 1.52. The van der Waals surface area contributed by atoms with Crippen LogP contribution >= 0.6 is 0 Å². The van der Waals surface area contributed by atoms with Crippen molar-refractivity contribution in [3.05, 3.63) is 23.8 Å². The molecule has 0 aliphatic rings. The number of nitrogens with one attached hydrogen (secondary N) is 1. The number of carbonyl (C=O) groups is 2. The largest absolute Gasteiger partial charge is 0.481 e. The van der Waals surface area contributed by atoms with Gasteiger partial charge in [0.2, 0.25) is 0 Å². The Morgan fingerprint density at radius 1 is 1.25 bits per heavy atom. The van der Waals surface area contributed by atoms with Gasteiger partial charge in [0.25, 0.3) is 5.91 Å². The molecule has 0 radical (unpaired) electrons. The lowest BCUT2D eigenvalue weighted by molar-refractivity contribution is -0.138. The minimum Gasteiger partial charge on any atom is -0.481 e. The van der Waals surface area contributed by atoms with Crippen LogP contribution in [0, 0.1) is 0 Å².